The maximum atomic E-state index is 13.4. The molecule has 1 amide bonds. The van der Waals surface area contributed by atoms with Crippen LogP contribution in [0.2, 0.25) is 0 Å². The lowest BCUT2D eigenvalue weighted by Gasteiger charge is -2.31. The van der Waals surface area contributed by atoms with E-state index in [1.54, 1.807) is 0 Å². The summed E-state index contributed by atoms with van der Waals surface area (Å²) in [6.07, 6.45) is 2.78. The third kappa shape index (κ3) is 6.33. The van der Waals surface area contributed by atoms with E-state index in [0.29, 0.717) is 6.54 Å². The minimum absolute atomic E-state index is 0.106. The zero-order valence-electron chi connectivity index (χ0n) is 21.0. The Morgan fingerprint density at radius 2 is 1.69 bits per heavy atom. The molecule has 36 heavy (non-hydrogen) atoms. The molecule has 0 aliphatic carbocycles. The summed E-state index contributed by atoms with van der Waals surface area (Å²) in [5.41, 5.74) is 3.54. The van der Waals surface area contributed by atoms with E-state index < -0.39 is 0 Å². The first-order chi connectivity index (χ1) is 17.7. The standard InChI is InChI=1S/C29H37FN4O2/c30-26-8-6-23(7-9-26)21-34-27(20-25-4-1-2-5-28(25)34)22-33-14-10-24(11-15-33)29(35)31-12-3-13-32-16-18-36-19-17-32/h1-2,4-9,20,24H,3,10-19,21-22H2,(H,31,35). The molecule has 0 spiro atoms. The third-order valence-electron chi connectivity index (χ3n) is 7.55. The summed E-state index contributed by atoms with van der Waals surface area (Å²) < 4.78 is 21.1. The van der Waals surface area contributed by atoms with Crippen LogP contribution in [0.5, 0.6) is 0 Å². The van der Waals surface area contributed by atoms with Gasteiger partial charge in [-0.2, -0.15) is 0 Å². The van der Waals surface area contributed by atoms with Gasteiger partial charge in [-0.25, -0.2) is 4.39 Å². The summed E-state index contributed by atoms with van der Waals surface area (Å²) in [5.74, 6) is 0.108. The number of benzene rings is 2. The highest BCUT2D eigenvalue weighted by Crippen LogP contribution is 2.25. The van der Waals surface area contributed by atoms with E-state index in [4.69, 9.17) is 4.74 Å². The lowest BCUT2D eigenvalue weighted by molar-refractivity contribution is -0.126. The van der Waals surface area contributed by atoms with Crippen molar-refractivity contribution in [2.45, 2.75) is 32.4 Å². The Morgan fingerprint density at radius 3 is 2.47 bits per heavy atom. The molecule has 2 fully saturated rings. The number of ether oxygens (including phenoxy) is 1. The SMILES string of the molecule is O=C(NCCCN1CCOCC1)C1CCN(Cc2cc3ccccc3n2Cc2ccc(F)cc2)CC1. The number of piperidine rings is 1. The highest BCUT2D eigenvalue weighted by Gasteiger charge is 2.25. The van der Waals surface area contributed by atoms with Gasteiger partial charge in [0.1, 0.15) is 5.82 Å². The van der Waals surface area contributed by atoms with Crippen molar-refractivity contribution >= 4 is 16.8 Å². The summed E-state index contributed by atoms with van der Waals surface area (Å²) in [7, 11) is 0. The van der Waals surface area contributed by atoms with Crippen LogP contribution in [-0.4, -0.2) is 72.8 Å². The molecular weight excluding hydrogens is 455 g/mol. The van der Waals surface area contributed by atoms with Gasteiger partial charge in [0.15, 0.2) is 0 Å². The van der Waals surface area contributed by atoms with Gasteiger partial charge in [-0.05, 0) is 74.1 Å². The number of para-hydroxylation sites is 1. The summed E-state index contributed by atoms with van der Waals surface area (Å²) in [6.45, 7) is 8.80. The minimum atomic E-state index is -0.208. The van der Waals surface area contributed by atoms with Crippen LogP contribution >= 0.6 is 0 Å². The van der Waals surface area contributed by atoms with Gasteiger partial charge < -0.3 is 14.6 Å². The highest BCUT2D eigenvalue weighted by molar-refractivity contribution is 5.81. The molecule has 2 aliphatic heterocycles. The van der Waals surface area contributed by atoms with Crippen molar-refractivity contribution in [2.24, 2.45) is 5.92 Å². The van der Waals surface area contributed by atoms with Crippen molar-refractivity contribution in [1.29, 1.82) is 0 Å². The first-order valence-corrected chi connectivity index (χ1v) is 13.3. The number of amides is 1. The van der Waals surface area contributed by atoms with E-state index >= 15 is 0 Å². The molecule has 2 saturated heterocycles. The van der Waals surface area contributed by atoms with E-state index in [1.807, 2.05) is 12.1 Å². The smallest absolute Gasteiger partial charge is 0.223 e. The van der Waals surface area contributed by atoms with E-state index in [9.17, 15) is 9.18 Å². The number of carbonyl (C=O) groups is 1. The average Bonchev–Trinajstić information content (AvgIpc) is 3.25. The monoisotopic (exact) mass is 492 g/mol. The number of nitrogens with one attached hydrogen (secondary N) is 1. The highest BCUT2D eigenvalue weighted by atomic mass is 19.1. The second kappa shape index (κ2) is 12.0. The van der Waals surface area contributed by atoms with Gasteiger partial charge >= 0.3 is 0 Å². The summed E-state index contributed by atoms with van der Waals surface area (Å²) in [4.78, 5) is 17.6. The Balaban J connectivity index is 1.13. The predicted molar refractivity (Wildman–Crippen MR) is 140 cm³/mol. The number of morpholine rings is 1. The molecule has 1 aromatic heterocycles. The van der Waals surface area contributed by atoms with Crippen LogP contribution in [0, 0.1) is 11.7 Å². The fourth-order valence-corrected chi connectivity index (χ4v) is 5.42. The molecule has 2 aliphatic rings. The lowest BCUT2D eigenvalue weighted by atomic mass is 9.95. The van der Waals surface area contributed by atoms with E-state index in [-0.39, 0.29) is 17.6 Å². The van der Waals surface area contributed by atoms with Crippen LogP contribution in [0.25, 0.3) is 10.9 Å². The molecule has 3 aromatic rings. The molecule has 7 heteroatoms. The number of aromatic nitrogens is 1. The molecule has 192 valence electrons. The van der Waals surface area contributed by atoms with Gasteiger partial charge in [0, 0.05) is 49.9 Å². The number of hydrogen-bond donors (Lipinski definition) is 1. The normalized spacial score (nSPS) is 18.0. The van der Waals surface area contributed by atoms with Crippen LogP contribution in [0.1, 0.15) is 30.5 Å². The van der Waals surface area contributed by atoms with Gasteiger partial charge in [0.05, 0.1) is 13.2 Å². The Bertz CT molecular complexity index is 1130. The second-order valence-corrected chi connectivity index (χ2v) is 10.1. The Labute approximate surface area is 213 Å². The Kier molecular flexibility index (Phi) is 8.31. The predicted octanol–water partition coefficient (Wildman–Crippen LogP) is 3.88. The van der Waals surface area contributed by atoms with Crippen LogP contribution in [0.3, 0.4) is 0 Å². The van der Waals surface area contributed by atoms with Crippen LogP contribution in [0.15, 0.2) is 54.6 Å². The number of nitrogens with zero attached hydrogens (tertiary/aromatic N) is 3. The summed E-state index contributed by atoms with van der Waals surface area (Å²) in [5, 5.41) is 4.39. The number of rotatable bonds is 9. The molecule has 6 nitrogen and oxygen atoms in total. The molecule has 5 rings (SSSR count). The van der Waals surface area contributed by atoms with Gasteiger partial charge in [-0.3, -0.25) is 14.6 Å². The first-order valence-electron chi connectivity index (χ1n) is 13.3. The molecular formula is C29H37FN4O2. The number of carbonyl (C=O) groups excluding carboxylic acids is 1. The zero-order valence-corrected chi connectivity index (χ0v) is 21.0. The molecule has 0 saturated carbocycles. The Hall–Kier alpha value is -2.74. The fraction of sp³-hybridized carbons (Fsp3) is 0.483. The maximum absolute atomic E-state index is 13.4. The van der Waals surface area contributed by atoms with Gasteiger partial charge in [0.25, 0.3) is 0 Å². The maximum Gasteiger partial charge on any atom is 0.223 e. The van der Waals surface area contributed by atoms with E-state index in [1.165, 1.54) is 28.7 Å². The summed E-state index contributed by atoms with van der Waals surface area (Å²) in [6, 6.07) is 17.5. The van der Waals surface area contributed by atoms with Crippen molar-refractivity contribution in [1.82, 2.24) is 19.7 Å². The van der Waals surface area contributed by atoms with Crippen molar-refractivity contribution in [3.05, 3.63) is 71.7 Å². The van der Waals surface area contributed by atoms with Gasteiger partial charge in [-0.15, -0.1) is 0 Å². The minimum Gasteiger partial charge on any atom is -0.379 e. The van der Waals surface area contributed by atoms with Gasteiger partial charge in [0.2, 0.25) is 5.91 Å². The molecule has 0 atom stereocenters. The van der Waals surface area contributed by atoms with Gasteiger partial charge in [-0.1, -0.05) is 30.3 Å². The third-order valence-corrected chi connectivity index (χ3v) is 7.55. The first kappa shape index (κ1) is 24.9. The van der Waals surface area contributed by atoms with Crippen molar-refractivity contribution in [2.75, 3.05) is 52.5 Å². The van der Waals surface area contributed by atoms with Crippen LogP contribution < -0.4 is 5.32 Å². The number of fused-ring (bicyclic) bond motifs is 1. The summed E-state index contributed by atoms with van der Waals surface area (Å²) >= 11 is 0. The van der Waals surface area contributed by atoms with E-state index in [2.05, 4.69) is 50.0 Å². The molecule has 0 bridgehead atoms. The largest absolute Gasteiger partial charge is 0.379 e. The molecule has 2 aromatic carbocycles. The molecule has 0 unspecified atom stereocenters. The fourth-order valence-electron chi connectivity index (χ4n) is 5.42. The van der Waals surface area contributed by atoms with Crippen molar-refractivity contribution in [3.8, 4) is 0 Å². The van der Waals surface area contributed by atoms with Crippen molar-refractivity contribution < 1.29 is 13.9 Å². The van der Waals surface area contributed by atoms with E-state index in [0.717, 1.165) is 83.9 Å². The second-order valence-electron chi connectivity index (χ2n) is 10.1. The van der Waals surface area contributed by atoms with Crippen molar-refractivity contribution in [3.63, 3.8) is 0 Å². The molecule has 0 radical (unpaired) electrons. The number of hydrogen-bond acceptors (Lipinski definition) is 4. The average molecular weight is 493 g/mol. The number of likely N-dealkylation sites (tertiary alicyclic amines) is 1. The molecule has 1 N–H and O–H groups in total. The topological polar surface area (TPSA) is 49.7 Å². The quantitative estimate of drug-likeness (QED) is 0.461. The number of halogens is 1. The zero-order chi connectivity index (χ0) is 24.7. The Morgan fingerprint density at radius 1 is 0.944 bits per heavy atom. The lowest BCUT2D eigenvalue weighted by Crippen LogP contribution is -2.41. The molecule has 3 heterocycles. The van der Waals surface area contributed by atoms with Crippen LogP contribution in [-0.2, 0) is 22.6 Å². The van der Waals surface area contributed by atoms with Crippen LogP contribution in [0.4, 0.5) is 4.39 Å².